The minimum absolute atomic E-state index is 0.0127. The lowest BCUT2D eigenvalue weighted by Crippen LogP contribution is -2.46. The van der Waals surface area contributed by atoms with E-state index < -0.39 is 11.8 Å². The number of carbonyl (C=O) groups excluding carboxylic acids is 1. The van der Waals surface area contributed by atoms with Crippen molar-refractivity contribution in [1.82, 2.24) is 9.88 Å². The molecule has 1 fully saturated rings. The van der Waals surface area contributed by atoms with Crippen molar-refractivity contribution in [2.45, 2.75) is 26.8 Å². The van der Waals surface area contributed by atoms with Crippen LogP contribution >= 0.6 is 11.6 Å². The zero-order valence-corrected chi connectivity index (χ0v) is 14.1. The molecule has 8 heteroatoms. The fraction of sp³-hybridized carbons (Fsp3) is 0.533. The van der Waals surface area contributed by atoms with Crippen LogP contribution in [0.15, 0.2) is 11.2 Å². The largest absolute Gasteiger partial charge is 0.462 e. The van der Waals surface area contributed by atoms with Gasteiger partial charge in [-0.3, -0.25) is 0 Å². The van der Waals surface area contributed by atoms with Crippen LogP contribution in [-0.4, -0.2) is 54.1 Å². The van der Waals surface area contributed by atoms with E-state index >= 15 is 0 Å². The average Bonchev–Trinajstić information content (AvgIpc) is 2.51. The van der Waals surface area contributed by atoms with E-state index in [4.69, 9.17) is 21.1 Å². The third kappa shape index (κ3) is 3.97. The Bertz CT molecular complexity index is 624. The van der Waals surface area contributed by atoms with Gasteiger partial charge in [0.15, 0.2) is 11.0 Å². The van der Waals surface area contributed by atoms with Crippen LogP contribution in [0.5, 0.6) is 0 Å². The number of pyridine rings is 1. The molecular weight excluding hydrogens is 325 g/mol. The molecule has 1 aromatic heterocycles. The van der Waals surface area contributed by atoms with Crippen LogP contribution in [0.2, 0.25) is 5.15 Å². The molecule has 1 aromatic rings. The van der Waals surface area contributed by atoms with E-state index in [0.717, 1.165) is 6.20 Å². The lowest BCUT2D eigenvalue weighted by atomic mass is 10.2. The van der Waals surface area contributed by atoms with Gasteiger partial charge < -0.3 is 14.4 Å². The van der Waals surface area contributed by atoms with Crippen molar-refractivity contribution in [2.24, 2.45) is 4.99 Å². The molecule has 0 bridgehead atoms. The molecule has 2 rings (SSSR count). The molecule has 0 aliphatic carbocycles. The lowest BCUT2D eigenvalue weighted by Gasteiger charge is -2.34. The number of halogens is 2. The number of rotatable bonds is 3. The summed E-state index contributed by atoms with van der Waals surface area (Å²) in [6, 6.07) is 0.124. The number of aliphatic imine (C=N–C) groups is 1. The fourth-order valence-electron chi connectivity index (χ4n) is 2.39. The molecule has 0 N–H and O–H groups in total. The summed E-state index contributed by atoms with van der Waals surface area (Å²) in [6.07, 6.45) is 0.889. The fourth-order valence-corrected chi connectivity index (χ4v) is 2.57. The van der Waals surface area contributed by atoms with E-state index in [9.17, 15) is 9.18 Å². The smallest absolute Gasteiger partial charge is 0.343 e. The molecule has 0 radical (unpaired) electrons. The van der Waals surface area contributed by atoms with Crippen molar-refractivity contribution in [3.63, 3.8) is 0 Å². The summed E-state index contributed by atoms with van der Waals surface area (Å²) in [5, 5.41) is -0.0466. The van der Waals surface area contributed by atoms with Crippen LogP contribution in [0.4, 0.5) is 10.1 Å². The summed E-state index contributed by atoms with van der Waals surface area (Å²) in [4.78, 5) is 22.1. The SMILES string of the molecule is CCOC(=O)c1c(F)cnc(Cl)c1/N=C(\C)N1CCOC[C@H]1C. The van der Waals surface area contributed by atoms with Crippen molar-refractivity contribution >= 4 is 29.1 Å². The van der Waals surface area contributed by atoms with Crippen LogP contribution in [0.25, 0.3) is 0 Å². The summed E-state index contributed by atoms with van der Waals surface area (Å²) in [7, 11) is 0. The Hall–Kier alpha value is -1.73. The Kier molecular flexibility index (Phi) is 5.90. The average molecular weight is 344 g/mol. The highest BCUT2D eigenvalue weighted by Crippen LogP contribution is 2.30. The Morgan fingerprint density at radius 2 is 2.39 bits per heavy atom. The van der Waals surface area contributed by atoms with Gasteiger partial charge in [-0.1, -0.05) is 11.6 Å². The molecule has 0 saturated carbocycles. The van der Waals surface area contributed by atoms with Gasteiger partial charge in [-0.2, -0.15) is 0 Å². The number of aromatic nitrogens is 1. The van der Waals surface area contributed by atoms with E-state index in [2.05, 4.69) is 9.98 Å². The van der Waals surface area contributed by atoms with Crippen molar-refractivity contribution in [2.75, 3.05) is 26.4 Å². The molecule has 1 aliphatic heterocycles. The highest BCUT2D eigenvalue weighted by Gasteiger charge is 2.24. The van der Waals surface area contributed by atoms with Gasteiger partial charge in [-0.15, -0.1) is 0 Å². The van der Waals surface area contributed by atoms with Crippen molar-refractivity contribution in [1.29, 1.82) is 0 Å². The van der Waals surface area contributed by atoms with E-state index in [-0.39, 0.29) is 29.1 Å². The monoisotopic (exact) mass is 343 g/mol. The van der Waals surface area contributed by atoms with E-state index in [1.807, 2.05) is 11.8 Å². The molecule has 1 saturated heterocycles. The third-order valence-electron chi connectivity index (χ3n) is 3.50. The van der Waals surface area contributed by atoms with Crippen molar-refractivity contribution < 1.29 is 18.7 Å². The second kappa shape index (κ2) is 7.70. The topological polar surface area (TPSA) is 64.0 Å². The molecule has 0 aromatic carbocycles. The van der Waals surface area contributed by atoms with E-state index in [1.54, 1.807) is 13.8 Å². The number of nitrogens with zero attached hydrogens (tertiary/aromatic N) is 3. The first-order valence-electron chi connectivity index (χ1n) is 7.36. The summed E-state index contributed by atoms with van der Waals surface area (Å²) < 4.78 is 24.3. The van der Waals surface area contributed by atoms with Crippen molar-refractivity contribution in [3.05, 3.63) is 22.7 Å². The lowest BCUT2D eigenvalue weighted by molar-refractivity contribution is 0.0330. The third-order valence-corrected chi connectivity index (χ3v) is 3.78. The molecular formula is C15H19ClFN3O3. The van der Waals surface area contributed by atoms with Gasteiger partial charge in [0.05, 0.1) is 32.1 Å². The second-order valence-electron chi connectivity index (χ2n) is 5.12. The Labute approximate surface area is 139 Å². The summed E-state index contributed by atoms with van der Waals surface area (Å²) in [6.45, 7) is 7.35. The molecule has 1 aliphatic rings. The van der Waals surface area contributed by atoms with Gasteiger partial charge in [-0.25, -0.2) is 19.2 Å². The number of amidine groups is 1. The van der Waals surface area contributed by atoms with Crippen LogP contribution in [0, 0.1) is 5.82 Å². The summed E-state index contributed by atoms with van der Waals surface area (Å²) in [5.74, 6) is -1.01. The zero-order valence-electron chi connectivity index (χ0n) is 13.3. The van der Waals surface area contributed by atoms with Crippen LogP contribution in [0.1, 0.15) is 31.1 Å². The predicted octanol–water partition coefficient (Wildman–Crippen LogP) is 2.82. The van der Waals surface area contributed by atoms with E-state index in [0.29, 0.717) is 25.6 Å². The van der Waals surface area contributed by atoms with Crippen molar-refractivity contribution in [3.8, 4) is 0 Å². The molecule has 2 heterocycles. The zero-order chi connectivity index (χ0) is 17.0. The molecule has 6 nitrogen and oxygen atoms in total. The minimum atomic E-state index is -0.811. The predicted molar refractivity (Wildman–Crippen MR) is 84.9 cm³/mol. The van der Waals surface area contributed by atoms with Gasteiger partial charge in [0.2, 0.25) is 0 Å². The molecule has 0 unspecified atom stereocenters. The highest BCUT2D eigenvalue weighted by atomic mass is 35.5. The molecule has 23 heavy (non-hydrogen) atoms. The van der Waals surface area contributed by atoms with Gasteiger partial charge in [0, 0.05) is 6.54 Å². The van der Waals surface area contributed by atoms with Gasteiger partial charge in [-0.05, 0) is 20.8 Å². The molecule has 126 valence electrons. The number of ether oxygens (including phenoxy) is 2. The van der Waals surface area contributed by atoms with Crippen LogP contribution < -0.4 is 0 Å². The quantitative estimate of drug-likeness (QED) is 0.365. The standard InChI is InChI=1S/C15H19ClFN3O3/c1-4-23-15(21)12-11(17)7-18-14(16)13(12)19-10(3)20-5-6-22-8-9(20)2/h7,9H,4-6,8H2,1-3H3/b19-10+/t9-/m1/s1. The number of esters is 1. The maximum absolute atomic E-state index is 14.0. The Morgan fingerprint density at radius 3 is 3.04 bits per heavy atom. The first-order valence-corrected chi connectivity index (χ1v) is 7.74. The van der Waals surface area contributed by atoms with Crippen LogP contribution in [-0.2, 0) is 9.47 Å². The maximum atomic E-state index is 14.0. The minimum Gasteiger partial charge on any atom is -0.462 e. The molecule has 1 atom stereocenters. The normalized spacial score (nSPS) is 18.9. The van der Waals surface area contributed by atoms with Gasteiger partial charge >= 0.3 is 5.97 Å². The summed E-state index contributed by atoms with van der Waals surface area (Å²) >= 11 is 6.03. The highest BCUT2D eigenvalue weighted by molar-refractivity contribution is 6.32. The number of morpholine rings is 1. The van der Waals surface area contributed by atoms with Gasteiger partial charge in [0.25, 0.3) is 0 Å². The number of carbonyl (C=O) groups is 1. The maximum Gasteiger partial charge on any atom is 0.343 e. The summed E-state index contributed by atoms with van der Waals surface area (Å²) in [5.41, 5.74) is -0.312. The first kappa shape index (κ1) is 17.6. The van der Waals surface area contributed by atoms with E-state index in [1.165, 1.54) is 0 Å². The Balaban J connectivity index is 2.43. The second-order valence-corrected chi connectivity index (χ2v) is 5.48. The first-order chi connectivity index (χ1) is 11.0. The molecule has 0 spiro atoms. The Morgan fingerprint density at radius 1 is 1.65 bits per heavy atom. The molecule has 0 amide bonds. The van der Waals surface area contributed by atoms with Gasteiger partial charge in [0.1, 0.15) is 17.1 Å². The number of hydrogen-bond donors (Lipinski definition) is 0. The van der Waals surface area contributed by atoms with Crippen LogP contribution in [0.3, 0.4) is 0 Å². The number of hydrogen-bond acceptors (Lipinski definition) is 5.